The van der Waals surface area contributed by atoms with Gasteiger partial charge in [0.25, 0.3) is 0 Å². The van der Waals surface area contributed by atoms with Crippen molar-refractivity contribution in [1.82, 2.24) is 4.90 Å². The molecule has 0 saturated carbocycles. The molecule has 1 fully saturated rings. The van der Waals surface area contributed by atoms with Crippen LogP contribution in [0.2, 0.25) is 0 Å². The minimum atomic E-state index is -0.0149. The van der Waals surface area contributed by atoms with E-state index < -0.39 is 0 Å². The van der Waals surface area contributed by atoms with Gasteiger partial charge in [0.2, 0.25) is 5.91 Å². The molecule has 128 valence electrons. The van der Waals surface area contributed by atoms with E-state index in [-0.39, 0.29) is 43.0 Å². The normalized spacial score (nSPS) is 16.8. The molecular formula is C17H25ClN2O3. The van der Waals surface area contributed by atoms with E-state index in [0.29, 0.717) is 25.3 Å². The third kappa shape index (κ3) is 5.84. The molecule has 1 aromatic rings. The number of carbonyl (C=O) groups is 2. The molecular weight excluding hydrogens is 316 g/mol. The number of hydrogen-bond acceptors (Lipinski definition) is 4. The first-order valence-electron chi connectivity index (χ1n) is 7.89. The second-order valence-electron chi connectivity index (χ2n) is 5.68. The zero-order valence-electron chi connectivity index (χ0n) is 13.5. The van der Waals surface area contributed by atoms with Gasteiger partial charge in [-0.15, -0.1) is 12.4 Å². The number of hydrogen-bond donors (Lipinski definition) is 1. The van der Waals surface area contributed by atoms with Crippen molar-refractivity contribution in [3.8, 4) is 5.75 Å². The third-order valence-corrected chi connectivity index (χ3v) is 3.79. The van der Waals surface area contributed by atoms with E-state index in [2.05, 4.69) is 0 Å². The SMILES string of the molecule is CCCOc1ccc(C(=O)CCC(=O)N2CC[C@@H](N)C2)cc1.Cl. The average molecular weight is 341 g/mol. The third-order valence-electron chi connectivity index (χ3n) is 3.79. The number of ketones is 1. The van der Waals surface area contributed by atoms with Crippen molar-refractivity contribution in [2.75, 3.05) is 19.7 Å². The fourth-order valence-electron chi connectivity index (χ4n) is 2.49. The van der Waals surface area contributed by atoms with Gasteiger partial charge in [-0.3, -0.25) is 9.59 Å². The quantitative estimate of drug-likeness (QED) is 0.774. The highest BCUT2D eigenvalue weighted by molar-refractivity contribution is 5.98. The molecule has 23 heavy (non-hydrogen) atoms. The Morgan fingerprint density at radius 2 is 1.96 bits per heavy atom. The smallest absolute Gasteiger partial charge is 0.223 e. The summed E-state index contributed by atoms with van der Waals surface area (Å²) >= 11 is 0. The van der Waals surface area contributed by atoms with Crippen LogP contribution in [0.15, 0.2) is 24.3 Å². The van der Waals surface area contributed by atoms with E-state index in [9.17, 15) is 9.59 Å². The fourth-order valence-corrected chi connectivity index (χ4v) is 2.49. The summed E-state index contributed by atoms with van der Waals surface area (Å²) in [6, 6.07) is 7.18. The lowest BCUT2D eigenvalue weighted by Crippen LogP contribution is -2.32. The van der Waals surface area contributed by atoms with Gasteiger partial charge in [-0.1, -0.05) is 6.92 Å². The van der Waals surface area contributed by atoms with Gasteiger partial charge in [0.1, 0.15) is 5.75 Å². The first-order chi connectivity index (χ1) is 10.6. The molecule has 0 aromatic heterocycles. The number of nitrogens with two attached hydrogens (primary N) is 1. The lowest BCUT2D eigenvalue weighted by molar-refractivity contribution is -0.130. The van der Waals surface area contributed by atoms with Crippen molar-refractivity contribution in [2.24, 2.45) is 5.73 Å². The van der Waals surface area contributed by atoms with E-state index in [0.717, 1.165) is 18.6 Å². The van der Waals surface area contributed by atoms with Crippen LogP contribution in [0.3, 0.4) is 0 Å². The molecule has 1 aliphatic rings. The van der Waals surface area contributed by atoms with Gasteiger partial charge in [-0.05, 0) is 37.1 Å². The van der Waals surface area contributed by atoms with Crippen LogP contribution in [0.1, 0.15) is 43.0 Å². The molecule has 0 spiro atoms. The van der Waals surface area contributed by atoms with Crippen LogP contribution in [-0.4, -0.2) is 42.3 Å². The van der Waals surface area contributed by atoms with Crippen molar-refractivity contribution < 1.29 is 14.3 Å². The summed E-state index contributed by atoms with van der Waals surface area (Å²) in [6.45, 7) is 4.02. The van der Waals surface area contributed by atoms with E-state index >= 15 is 0 Å². The molecule has 1 amide bonds. The predicted molar refractivity (Wildman–Crippen MR) is 92.2 cm³/mol. The molecule has 0 aliphatic carbocycles. The lowest BCUT2D eigenvalue weighted by Gasteiger charge is -2.15. The van der Waals surface area contributed by atoms with Crippen LogP contribution < -0.4 is 10.5 Å². The van der Waals surface area contributed by atoms with Crippen LogP contribution in [0.4, 0.5) is 0 Å². The zero-order chi connectivity index (χ0) is 15.9. The highest BCUT2D eigenvalue weighted by Crippen LogP contribution is 2.15. The van der Waals surface area contributed by atoms with Gasteiger partial charge in [-0.25, -0.2) is 0 Å². The highest BCUT2D eigenvalue weighted by Gasteiger charge is 2.23. The summed E-state index contributed by atoms with van der Waals surface area (Å²) in [5.74, 6) is 0.767. The summed E-state index contributed by atoms with van der Waals surface area (Å²) < 4.78 is 5.48. The number of likely N-dealkylation sites (tertiary alicyclic amines) is 1. The molecule has 1 saturated heterocycles. The summed E-state index contributed by atoms with van der Waals surface area (Å²) in [5, 5.41) is 0. The summed E-state index contributed by atoms with van der Waals surface area (Å²) in [6.07, 6.45) is 2.28. The van der Waals surface area contributed by atoms with Gasteiger partial charge in [0.05, 0.1) is 6.61 Å². The molecule has 2 rings (SSSR count). The zero-order valence-corrected chi connectivity index (χ0v) is 14.3. The molecule has 1 aromatic carbocycles. The Bertz CT molecular complexity index is 519. The highest BCUT2D eigenvalue weighted by atomic mass is 35.5. The Balaban J connectivity index is 0.00000264. The maximum absolute atomic E-state index is 12.1. The van der Waals surface area contributed by atoms with Gasteiger partial charge in [-0.2, -0.15) is 0 Å². The maximum Gasteiger partial charge on any atom is 0.223 e. The monoisotopic (exact) mass is 340 g/mol. The van der Waals surface area contributed by atoms with Crippen LogP contribution in [0.5, 0.6) is 5.75 Å². The average Bonchev–Trinajstić information content (AvgIpc) is 2.97. The number of halogens is 1. The Morgan fingerprint density at radius 3 is 2.52 bits per heavy atom. The lowest BCUT2D eigenvalue weighted by atomic mass is 10.1. The number of Topliss-reactive ketones (excluding diaryl/α,β-unsaturated/α-hetero) is 1. The molecule has 1 atom stereocenters. The number of benzene rings is 1. The second kappa shape index (κ2) is 9.53. The Labute approximate surface area is 143 Å². The molecule has 2 N–H and O–H groups in total. The maximum atomic E-state index is 12.1. The first kappa shape index (κ1) is 19.5. The van der Waals surface area contributed by atoms with Gasteiger partial charge >= 0.3 is 0 Å². The van der Waals surface area contributed by atoms with E-state index in [1.54, 1.807) is 29.2 Å². The number of amides is 1. The van der Waals surface area contributed by atoms with Crippen LogP contribution >= 0.6 is 12.4 Å². The Kier molecular flexibility index (Phi) is 8.06. The molecule has 0 bridgehead atoms. The van der Waals surface area contributed by atoms with Crippen LogP contribution in [0, 0.1) is 0 Å². The minimum Gasteiger partial charge on any atom is -0.494 e. The van der Waals surface area contributed by atoms with Gasteiger partial charge in [0, 0.05) is 37.5 Å². The Morgan fingerprint density at radius 1 is 1.26 bits per heavy atom. The molecule has 0 radical (unpaired) electrons. The van der Waals surface area contributed by atoms with Crippen molar-refractivity contribution >= 4 is 24.1 Å². The molecule has 5 nitrogen and oxygen atoms in total. The molecule has 6 heteroatoms. The Hall–Kier alpha value is -1.59. The number of rotatable bonds is 7. The van der Waals surface area contributed by atoms with E-state index in [1.807, 2.05) is 6.92 Å². The molecule has 0 unspecified atom stereocenters. The molecule has 1 aliphatic heterocycles. The summed E-state index contributed by atoms with van der Waals surface area (Å²) in [5.41, 5.74) is 6.41. The first-order valence-corrected chi connectivity index (χ1v) is 7.89. The summed E-state index contributed by atoms with van der Waals surface area (Å²) in [7, 11) is 0. The standard InChI is InChI=1S/C17H24N2O3.ClH/c1-2-11-22-15-5-3-13(4-6-15)16(20)7-8-17(21)19-10-9-14(18)12-19;/h3-6,14H,2,7-12,18H2,1H3;1H/t14-;/m1./s1. The minimum absolute atomic E-state index is 0. The topological polar surface area (TPSA) is 72.6 Å². The van der Waals surface area contributed by atoms with Gasteiger partial charge < -0.3 is 15.4 Å². The van der Waals surface area contributed by atoms with E-state index in [1.165, 1.54) is 0 Å². The van der Waals surface area contributed by atoms with Crippen molar-refractivity contribution in [1.29, 1.82) is 0 Å². The predicted octanol–water partition coefficient (Wildman–Crippen LogP) is 2.42. The van der Waals surface area contributed by atoms with Crippen LogP contribution in [-0.2, 0) is 4.79 Å². The van der Waals surface area contributed by atoms with Gasteiger partial charge in [0.15, 0.2) is 5.78 Å². The second-order valence-corrected chi connectivity index (χ2v) is 5.68. The largest absolute Gasteiger partial charge is 0.494 e. The van der Waals surface area contributed by atoms with Crippen molar-refractivity contribution in [2.45, 2.75) is 38.6 Å². The van der Waals surface area contributed by atoms with Crippen LogP contribution in [0.25, 0.3) is 0 Å². The number of carbonyl (C=O) groups excluding carboxylic acids is 2. The summed E-state index contributed by atoms with van der Waals surface area (Å²) in [4.78, 5) is 25.9. The fraction of sp³-hybridized carbons (Fsp3) is 0.529. The van der Waals surface area contributed by atoms with Crippen molar-refractivity contribution in [3.63, 3.8) is 0 Å². The van der Waals surface area contributed by atoms with Crippen molar-refractivity contribution in [3.05, 3.63) is 29.8 Å². The number of nitrogens with zero attached hydrogens (tertiary/aromatic N) is 1. The van der Waals surface area contributed by atoms with E-state index in [4.69, 9.17) is 10.5 Å². The number of ether oxygens (including phenoxy) is 1. The molecule has 1 heterocycles.